The van der Waals surface area contributed by atoms with Crippen molar-refractivity contribution in [1.29, 1.82) is 0 Å². The first-order chi connectivity index (χ1) is 12.2. The zero-order chi connectivity index (χ0) is 26.1. The summed E-state index contributed by atoms with van der Waals surface area (Å²) in [6.07, 6.45) is 0. The summed E-state index contributed by atoms with van der Waals surface area (Å²) in [5, 5.41) is 0. The van der Waals surface area contributed by atoms with Crippen LogP contribution in [0.3, 0.4) is 0 Å². The maximum atomic E-state index is 8.58. The van der Waals surface area contributed by atoms with E-state index in [1.807, 2.05) is 0 Å². The van der Waals surface area contributed by atoms with E-state index in [2.05, 4.69) is 0 Å². The van der Waals surface area contributed by atoms with E-state index in [4.69, 9.17) is 90.4 Å². The van der Waals surface area contributed by atoms with Crippen molar-refractivity contribution in [2.24, 2.45) is 0 Å². The van der Waals surface area contributed by atoms with Gasteiger partial charge in [-0.25, -0.2) is 0 Å². The Hall–Kier alpha value is 3.92. The van der Waals surface area contributed by atoms with Crippen LogP contribution in [0.1, 0.15) is 0 Å². The molecule has 0 heterocycles. The van der Waals surface area contributed by atoms with Gasteiger partial charge in [0.2, 0.25) is 0 Å². The predicted molar refractivity (Wildman–Crippen MR) is 34.5 cm³/mol. The second-order valence-electron chi connectivity index (χ2n) is 2.04. The van der Waals surface area contributed by atoms with Crippen LogP contribution < -0.4 is 58.7 Å². The molecular formula is Co3O22P4U3. The van der Waals surface area contributed by atoms with E-state index in [1.165, 1.54) is 0 Å². The van der Waals surface area contributed by atoms with E-state index in [0.29, 0.717) is 0 Å². The summed E-state index contributed by atoms with van der Waals surface area (Å²) in [6, 6.07) is 0. The Morgan fingerprint density at radius 1 is 0.312 bits per heavy atom. The van der Waals surface area contributed by atoms with Crippen molar-refractivity contribution in [3.8, 4) is 0 Å². The first-order valence-electron chi connectivity index (χ1n) is 4.15. The van der Waals surface area contributed by atoms with Gasteiger partial charge in [0.05, 0.1) is 0 Å². The van der Waals surface area contributed by atoms with Gasteiger partial charge in [-0.15, -0.1) is 0 Å². The van der Waals surface area contributed by atoms with E-state index in [0.717, 1.165) is 0 Å². The minimum absolute atomic E-state index is 0. The minimum atomic E-state index is -5.39. The topological polar surface area (TPSA) is 447 Å². The second-order valence-corrected chi connectivity index (χ2v) is 7.70. The molecule has 0 atom stereocenters. The normalized spacial score (nSPS) is 8.12. The van der Waals surface area contributed by atoms with Crippen LogP contribution in [0.25, 0.3) is 0 Å². The van der Waals surface area contributed by atoms with E-state index in [1.54, 1.807) is 0 Å². The fraction of sp³-hybridized carbons (Fsp3) is 0. The van der Waals surface area contributed by atoms with Crippen LogP contribution in [0.5, 0.6) is 0 Å². The van der Waals surface area contributed by atoms with Crippen LogP contribution >= 0.6 is 31.3 Å². The monoisotopic (exact) mass is 1370 g/mol. The van der Waals surface area contributed by atoms with Crippen LogP contribution in [0.2, 0.25) is 0 Å². The zero-order valence-electron chi connectivity index (χ0n) is 13.3. The molecule has 0 spiro atoms. The van der Waals surface area contributed by atoms with Crippen LogP contribution in [-0.2, 0) is 82.0 Å². The van der Waals surface area contributed by atoms with Crippen molar-refractivity contribution < 1.29 is 224 Å². The standard InChI is InChI=1S/3Co.4H3O4P.6O.3U/c;;;4*1-5(2,3)4;;;;;;;;;/h;;;4*(H3,1,2,3,4);;;;;;;;;/q3*+2;;;;;;;;;;;3*+2/p-12. The summed E-state index contributed by atoms with van der Waals surface area (Å²) >= 11 is -7.52. The van der Waals surface area contributed by atoms with E-state index < -0.39 is 115 Å². The van der Waals surface area contributed by atoms with Gasteiger partial charge in [0.1, 0.15) is 0 Å². The molecule has 0 rings (SSSR count). The Labute approximate surface area is 251 Å². The first kappa shape index (κ1) is 65.2. The van der Waals surface area contributed by atoms with Crippen LogP contribution in [0.4, 0.5) is 0 Å². The Kier molecular flexibility index (Phi) is 85.6. The van der Waals surface area contributed by atoms with E-state index in [-0.39, 0.29) is 50.3 Å². The van der Waals surface area contributed by atoms with Crippen molar-refractivity contribution in [3.05, 3.63) is 0 Å². The Balaban J connectivity index is -0.0000000220. The molecule has 0 fully saturated rings. The fourth-order valence-electron chi connectivity index (χ4n) is 0. The predicted octanol–water partition coefficient (Wildman–Crippen LogP) is -12.0. The van der Waals surface area contributed by atoms with E-state index in [9.17, 15) is 0 Å². The molecule has 0 aliphatic heterocycles. The molecule has 0 aliphatic carbocycles. The van der Waals surface area contributed by atoms with Gasteiger partial charge in [-0.05, 0) is 0 Å². The van der Waals surface area contributed by atoms with Crippen molar-refractivity contribution in [2.45, 2.75) is 0 Å². The molecule has 32 heavy (non-hydrogen) atoms. The molecule has 0 N–H and O–H groups in total. The van der Waals surface area contributed by atoms with Crippen LogP contribution in [0, 0.1) is 83.5 Å². The van der Waals surface area contributed by atoms with Crippen molar-refractivity contribution in [3.63, 3.8) is 0 Å². The van der Waals surface area contributed by atoms with Gasteiger partial charge in [0.25, 0.3) is 0 Å². The summed E-state index contributed by atoms with van der Waals surface area (Å²) in [4.78, 5) is 103. The average molecular weight is 1370 g/mol. The molecular weight excluding hydrogens is 1370 g/mol. The molecule has 0 saturated carbocycles. The summed E-state index contributed by atoms with van der Waals surface area (Å²) in [6.45, 7) is 0. The Bertz CT molecular complexity index is 504. The fourth-order valence-corrected chi connectivity index (χ4v) is 0. The molecule has 0 aromatic carbocycles. The quantitative estimate of drug-likeness (QED) is 0.203. The molecule has 3 radical (unpaired) electrons. The molecule has 0 aromatic heterocycles. The molecule has 32 heteroatoms. The zero-order valence-corrected chi connectivity index (χ0v) is 32.5. The van der Waals surface area contributed by atoms with Crippen molar-refractivity contribution in [2.75, 3.05) is 0 Å². The average Bonchev–Trinajstić information content (AvgIpc) is 2.20. The third-order valence-electron chi connectivity index (χ3n) is 0. The summed E-state index contributed by atoms with van der Waals surface area (Å²) in [5.41, 5.74) is 0. The van der Waals surface area contributed by atoms with Crippen LogP contribution in [-0.4, -0.2) is 0 Å². The van der Waals surface area contributed by atoms with Crippen molar-refractivity contribution in [1.82, 2.24) is 0 Å². The van der Waals surface area contributed by atoms with Gasteiger partial charge in [-0.2, -0.15) is 31.3 Å². The van der Waals surface area contributed by atoms with Gasteiger partial charge < -0.3 is 77.0 Å². The molecule has 191 valence electrons. The summed E-state index contributed by atoms with van der Waals surface area (Å²) in [7, 11) is -21.6. The number of rotatable bonds is 0. The third kappa shape index (κ3) is 2400. The molecule has 0 bridgehead atoms. The summed E-state index contributed by atoms with van der Waals surface area (Å²) < 4.78 is 85.7. The van der Waals surface area contributed by atoms with Crippen molar-refractivity contribution >= 4 is 31.3 Å². The van der Waals surface area contributed by atoms with Crippen LogP contribution in [0.15, 0.2) is 0 Å². The molecule has 0 unspecified atom stereocenters. The van der Waals surface area contributed by atoms with E-state index >= 15 is 0 Å². The Morgan fingerprint density at radius 3 is 0.312 bits per heavy atom. The molecule has 22 nitrogen and oxygen atoms in total. The van der Waals surface area contributed by atoms with Gasteiger partial charge in [-0.1, -0.05) is 0 Å². The van der Waals surface area contributed by atoms with Gasteiger partial charge in [0.15, 0.2) is 0 Å². The molecule has 0 saturated heterocycles. The number of hydrogen-bond donors (Lipinski definition) is 0. The first-order valence-corrected chi connectivity index (χ1v) is 20.2. The second kappa shape index (κ2) is 42.0. The summed E-state index contributed by atoms with van der Waals surface area (Å²) in [5.74, 6) is 0. The number of hydrogen-bond acceptors (Lipinski definition) is 22. The molecule has 0 aliphatic rings. The number of phosphoric acid groups is 4. The Morgan fingerprint density at radius 2 is 0.312 bits per heavy atom. The van der Waals surface area contributed by atoms with Gasteiger partial charge in [0, 0.05) is 0 Å². The molecule has 0 amide bonds. The molecule has 0 aromatic rings. The van der Waals surface area contributed by atoms with Gasteiger partial charge in [-0.3, -0.25) is 0 Å². The third-order valence-corrected chi connectivity index (χ3v) is 0. The SMILES string of the molecule is O=P([O-])([O-])[O-].O=P([O-])([O-])[O-].O=P([O-])([O-])[O-].O=P([O-])([O-])[O-].[Co+2].[Co+2].[Co+2].[O]=[U+2]=[O].[O]=[U+2]=[O].[O]=[U+2]=[O]. The maximum absolute atomic E-state index is 8.58. The van der Waals surface area contributed by atoms with Gasteiger partial charge >= 0.3 is 147 Å².